The van der Waals surface area contributed by atoms with Gasteiger partial charge in [-0.05, 0) is 0 Å². The molecule has 0 aromatic heterocycles. The molecule has 0 bridgehead atoms. The summed E-state index contributed by atoms with van der Waals surface area (Å²) in [5, 5.41) is 8.47. The van der Waals surface area contributed by atoms with Gasteiger partial charge in [-0.25, -0.2) is 0 Å². The van der Waals surface area contributed by atoms with E-state index in [4.69, 9.17) is 5.41 Å². The summed E-state index contributed by atoms with van der Waals surface area (Å²) in [5.41, 5.74) is 0. The smallest absolute Gasteiger partial charge is 0.753 e. The van der Waals surface area contributed by atoms with E-state index in [9.17, 15) is 0 Å². The summed E-state index contributed by atoms with van der Waals surface area (Å²) in [6.45, 7) is 0. The largest absolute Gasteiger partial charge is 1.00 e. The van der Waals surface area contributed by atoms with Crippen LogP contribution in [-0.2, 0) is 0 Å². The molecule has 1 nitrogen and oxygen atoms in total. The van der Waals surface area contributed by atoms with Crippen LogP contribution < -0.4 is 51.4 Å². The van der Waals surface area contributed by atoms with Crippen molar-refractivity contribution in [2.45, 2.75) is 0 Å². The van der Waals surface area contributed by atoms with E-state index < -0.39 is 0 Å². The number of thiocarbonyl (C=S) groups is 1. The molecule has 0 aliphatic rings. The van der Waals surface area contributed by atoms with Crippen LogP contribution in [0.3, 0.4) is 0 Å². The number of hydrogen-bond donors (Lipinski definition) is 0. The normalized spacial score (nSPS) is 2.00. The maximum Gasteiger partial charge on any atom is 1.00 e. The zero-order chi connectivity index (χ0) is 2.71. The van der Waals surface area contributed by atoms with Crippen molar-refractivity contribution >= 4 is 17.4 Å². The van der Waals surface area contributed by atoms with E-state index in [1.54, 1.807) is 0 Å². The molecule has 0 aromatic rings. The van der Waals surface area contributed by atoms with Gasteiger partial charge in [-0.3, -0.25) is 0 Å². The van der Waals surface area contributed by atoms with E-state index in [1.807, 2.05) is 0 Å². The molecule has 16 valence electrons. The molecule has 0 rings (SSSR count). The Balaban J connectivity index is 0. The summed E-state index contributed by atoms with van der Waals surface area (Å²) in [6, 6.07) is 0. The number of rotatable bonds is 0. The second-order valence-corrected chi connectivity index (χ2v) is 0.274. The first kappa shape index (κ1) is 9.06. The van der Waals surface area contributed by atoms with Crippen LogP contribution in [0.4, 0.5) is 0 Å². The molecule has 0 aromatic carbocycles. The third-order valence-corrected chi connectivity index (χ3v) is 0. The molecule has 0 saturated heterocycles. The van der Waals surface area contributed by atoms with Crippen LogP contribution in [0.15, 0.2) is 0 Å². The van der Waals surface area contributed by atoms with Crippen LogP contribution in [-0.4, -0.2) is 5.16 Å². The molecular formula is CKNS. The van der Waals surface area contributed by atoms with E-state index in [2.05, 4.69) is 12.2 Å². The van der Waals surface area contributed by atoms with Crippen molar-refractivity contribution in [2.24, 2.45) is 0 Å². The van der Waals surface area contributed by atoms with Crippen molar-refractivity contribution in [1.29, 1.82) is 0 Å². The Morgan fingerprint density at radius 1 is 1.75 bits per heavy atom. The standard InChI is InChI=1S/CNS.K/c2-1-3;/q-1;+1. The fourth-order valence-corrected chi connectivity index (χ4v) is 0. The minimum Gasteiger partial charge on any atom is -0.753 e. The van der Waals surface area contributed by atoms with Crippen molar-refractivity contribution in [3.63, 3.8) is 0 Å². The topological polar surface area (TPSA) is 22.3 Å². The van der Waals surface area contributed by atoms with Gasteiger partial charge in [0.25, 0.3) is 0 Å². The Bertz CT molecular complexity index is 29.0. The van der Waals surface area contributed by atoms with Gasteiger partial charge in [-0.15, -0.1) is 0 Å². The molecule has 0 N–H and O–H groups in total. The average molecular weight is 97.2 g/mol. The Kier molecular flexibility index (Phi) is 20.0. The van der Waals surface area contributed by atoms with Crippen molar-refractivity contribution < 1.29 is 51.4 Å². The summed E-state index contributed by atoms with van der Waals surface area (Å²) < 4.78 is 0. The Morgan fingerprint density at radius 2 is 1.75 bits per heavy atom. The zero-order valence-corrected chi connectivity index (χ0v) is 6.30. The van der Waals surface area contributed by atoms with Gasteiger partial charge in [0.15, 0.2) is 0 Å². The molecule has 0 fully saturated rings. The Labute approximate surface area is 72.7 Å². The van der Waals surface area contributed by atoms with Gasteiger partial charge in [0.1, 0.15) is 0 Å². The molecular weight excluding hydrogens is 97.2 g/mol. The predicted octanol–water partition coefficient (Wildman–Crippen LogP) is -2.34. The van der Waals surface area contributed by atoms with E-state index in [0.29, 0.717) is 0 Å². The monoisotopic (exact) mass is 96.9 g/mol. The summed E-state index contributed by atoms with van der Waals surface area (Å²) in [7, 11) is 0. The molecule has 0 atom stereocenters. The maximum atomic E-state index is 7.13. The van der Waals surface area contributed by atoms with Crippen LogP contribution >= 0.6 is 12.2 Å². The van der Waals surface area contributed by atoms with Gasteiger partial charge in [0.05, 0.1) is 0 Å². The third-order valence-electron chi connectivity index (χ3n) is 0. The minimum atomic E-state index is 0. The van der Waals surface area contributed by atoms with Crippen LogP contribution in [0.25, 0.3) is 5.41 Å². The minimum absolute atomic E-state index is 0. The molecule has 0 spiro atoms. The van der Waals surface area contributed by atoms with E-state index in [1.165, 1.54) is 5.16 Å². The summed E-state index contributed by atoms with van der Waals surface area (Å²) in [4.78, 5) is 0. The van der Waals surface area contributed by atoms with E-state index >= 15 is 0 Å². The van der Waals surface area contributed by atoms with Gasteiger partial charge in [-0.1, -0.05) is 12.2 Å². The number of nitrogens with zero attached hydrogens (tertiary/aromatic N) is 1. The van der Waals surface area contributed by atoms with Crippen molar-refractivity contribution in [2.75, 3.05) is 0 Å². The maximum absolute atomic E-state index is 7.13. The van der Waals surface area contributed by atoms with Crippen molar-refractivity contribution in [1.82, 2.24) is 0 Å². The van der Waals surface area contributed by atoms with Gasteiger partial charge in [0.2, 0.25) is 0 Å². The summed E-state index contributed by atoms with van der Waals surface area (Å²) in [5.74, 6) is 0. The molecule has 0 aliphatic carbocycles. The first-order valence-corrected chi connectivity index (χ1v) is 0.836. The fraction of sp³-hybridized carbons (Fsp3) is 0. The fourth-order valence-electron chi connectivity index (χ4n) is 0. The van der Waals surface area contributed by atoms with Crippen molar-refractivity contribution in [3.05, 3.63) is 5.41 Å². The average Bonchev–Trinajstić information content (AvgIpc) is 0.918. The molecule has 0 amide bonds. The van der Waals surface area contributed by atoms with Crippen LogP contribution in [0, 0.1) is 0 Å². The van der Waals surface area contributed by atoms with Gasteiger partial charge >= 0.3 is 51.4 Å². The van der Waals surface area contributed by atoms with Crippen molar-refractivity contribution in [3.8, 4) is 0 Å². The summed E-state index contributed by atoms with van der Waals surface area (Å²) in [6.07, 6.45) is 0. The van der Waals surface area contributed by atoms with Crippen LogP contribution in [0.1, 0.15) is 0 Å². The van der Waals surface area contributed by atoms with Gasteiger partial charge < -0.3 is 5.41 Å². The van der Waals surface area contributed by atoms with E-state index in [-0.39, 0.29) is 51.4 Å². The van der Waals surface area contributed by atoms with E-state index in [0.717, 1.165) is 0 Å². The second-order valence-electron chi connectivity index (χ2n) is 0.0913. The molecule has 0 unspecified atom stereocenters. The molecule has 3 heteroatoms. The first-order chi connectivity index (χ1) is 1.41. The molecule has 0 radical (unpaired) electrons. The molecule has 0 aliphatic heterocycles. The van der Waals surface area contributed by atoms with Gasteiger partial charge in [0, 0.05) is 0 Å². The molecule has 0 saturated carbocycles. The molecule has 4 heavy (non-hydrogen) atoms. The first-order valence-electron chi connectivity index (χ1n) is 0.428. The van der Waals surface area contributed by atoms with Crippen LogP contribution in [0.5, 0.6) is 0 Å². The molecule has 0 heterocycles. The Morgan fingerprint density at radius 3 is 1.75 bits per heavy atom. The van der Waals surface area contributed by atoms with Crippen LogP contribution in [0.2, 0.25) is 0 Å². The summed E-state index contributed by atoms with van der Waals surface area (Å²) >= 11 is 3.70. The SMILES string of the molecule is [K+].[N-]=C=S. The second kappa shape index (κ2) is 8.83. The third kappa shape index (κ3) is 9.89. The predicted molar refractivity (Wildman–Crippen MR) is 16.0 cm³/mol. The Hall–Kier alpha value is 1.44. The quantitative estimate of drug-likeness (QED) is 0.189. The number of isothiocyanates is 1. The van der Waals surface area contributed by atoms with Gasteiger partial charge in [-0.2, -0.15) is 5.16 Å². The number of hydrogen-bond acceptors (Lipinski definition) is 1. The zero-order valence-electron chi connectivity index (χ0n) is 2.36.